The summed E-state index contributed by atoms with van der Waals surface area (Å²) in [6.45, 7) is 5.80. The van der Waals surface area contributed by atoms with Gasteiger partial charge in [-0.05, 0) is 43.2 Å². The van der Waals surface area contributed by atoms with Gasteiger partial charge < -0.3 is 9.47 Å². The molecule has 0 saturated carbocycles. The Hall–Kier alpha value is -3.08. The zero-order valence-corrected chi connectivity index (χ0v) is 18.2. The summed E-state index contributed by atoms with van der Waals surface area (Å²) in [5.41, 5.74) is 5.61. The van der Waals surface area contributed by atoms with E-state index in [4.69, 9.17) is 21.1 Å². The highest BCUT2D eigenvalue weighted by atomic mass is 35.5. The number of aryl methyl sites for hydroxylation is 1. The van der Waals surface area contributed by atoms with Gasteiger partial charge in [0.1, 0.15) is 18.2 Å². The molecule has 0 atom stereocenters. The number of halogens is 1. The zero-order chi connectivity index (χ0) is 21.5. The van der Waals surface area contributed by atoms with Crippen LogP contribution in [0.15, 0.2) is 60.4 Å². The number of rotatable bonds is 3. The quantitative estimate of drug-likeness (QED) is 0.482. The van der Waals surface area contributed by atoms with Crippen molar-refractivity contribution in [2.75, 3.05) is 6.73 Å². The second kappa shape index (κ2) is 7.88. The number of fused-ring (bicyclic) bond motifs is 2. The normalized spacial score (nSPS) is 16.6. The molecule has 0 aromatic heterocycles. The van der Waals surface area contributed by atoms with Crippen LogP contribution in [-0.2, 0) is 13.1 Å². The van der Waals surface area contributed by atoms with Crippen molar-refractivity contribution in [1.29, 1.82) is 0 Å². The number of nitrogens with zero attached hydrogens (tertiary/aromatic N) is 1. The predicted octanol–water partition coefficient (Wildman–Crippen LogP) is 5.93. The van der Waals surface area contributed by atoms with Gasteiger partial charge in [-0.25, -0.2) is 0 Å². The van der Waals surface area contributed by atoms with Crippen molar-refractivity contribution in [2.24, 2.45) is 0 Å². The summed E-state index contributed by atoms with van der Waals surface area (Å²) < 4.78 is 12.1. The summed E-state index contributed by atoms with van der Waals surface area (Å²) in [4.78, 5) is 15.2. The molecular formula is C26H22ClNO3. The third kappa shape index (κ3) is 3.73. The maximum atomic E-state index is 13.1. The van der Waals surface area contributed by atoms with Gasteiger partial charge in [0.25, 0.3) is 0 Å². The molecule has 0 fully saturated rings. The maximum Gasteiger partial charge on any atom is 0.231 e. The second-order valence-corrected chi connectivity index (χ2v) is 8.48. The Bertz CT molecular complexity index is 1210. The Labute approximate surface area is 186 Å². The molecule has 0 saturated heterocycles. The topological polar surface area (TPSA) is 38.8 Å². The first-order chi connectivity index (χ1) is 15.0. The van der Waals surface area contributed by atoms with E-state index in [0.717, 1.165) is 33.0 Å². The fourth-order valence-electron chi connectivity index (χ4n) is 4.08. The van der Waals surface area contributed by atoms with E-state index in [-0.39, 0.29) is 5.78 Å². The molecule has 0 spiro atoms. The second-order valence-electron chi connectivity index (χ2n) is 8.07. The summed E-state index contributed by atoms with van der Waals surface area (Å²) in [6.07, 6.45) is 1.80. The number of ether oxygens (including phenoxy) is 2. The minimum atomic E-state index is -0.0929. The number of benzene rings is 3. The van der Waals surface area contributed by atoms with Gasteiger partial charge in [-0.3, -0.25) is 9.69 Å². The van der Waals surface area contributed by atoms with Crippen LogP contribution in [0.5, 0.6) is 11.5 Å². The lowest BCUT2D eigenvalue weighted by atomic mass is 9.99. The number of Topliss-reactive ketones (excluding diaryl/α,β-unsaturated/α-hetero) is 1. The van der Waals surface area contributed by atoms with Gasteiger partial charge in [-0.1, -0.05) is 59.6 Å². The molecule has 4 nitrogen and oxygen atoms in total. The van der Waals surface area contributed by atoms with Gasteiger partial charge in [0.2, 0.25) is 5.78 Å². The average molecular weight is 432 g/mol. The van der Waals surface area contributed by atoms with E-state index in [1.807, 2.05) is 68.4 Å². The Morgan fingerprint density at radius 1 is 1.06 bits per heavy atom. The molecule has 0 radical (unpaired) electrons. The highest BCUT2D eigenvalue weighted by Gasteiger charge is 2.33. The number of ketones is 1. The molecule has 0 amide bonds. The van der Waals surface area contributed by atoms with Crippen molar-refractivity contribution < 1.29 is 14.3 Å². The molecule has 2 aliphatic rings. The lowest BCUT2D eigenvalue weighted by Gasteiger charge is -2.30. The van der Waals surface area contributed by atoms with Crippen molar-refractivity contribution in [1.82, 2.24) is 4.90 Å². The van der Waals surface area contributed by atoms with Crippen LogP contribution in [0.25, 0.3) is 6.08 Å². The molecule has 2 aliphatic heterocycles. The maximum absolute atomic E-state index is 13.1. The molecular weight excluding hydrogens is 410 g/mol. The van der Waals surface area contributed by atoms with E-state index in [1.165, 1.54) is 5.56 Å². The van der Waals surface area contributed by atoms with Crippen LogP contribution in [0.3, 0.4) is 0 Å². The predicted molar refractivity (Wildman–Crippen MR) is 121 cm³/mol. The van der Waals surface area contributed by atoms with Crippen molar-refractivity contribution in [2.45, 2.75) is 26.9 Å². The third-order valence-electron chi connectivity index (χ3n) is 5.73. The Balaban J connectivity index is 1.43. The van der Waals surface area contributed by atoms with Crippen LogP contribution in [0.1, 0.15) is 38.2 Å². The molecule has 2 heterocycles. The lowest BCUT2D eigenvalue weighted by molar-refractivity contribution is 0.0877. The number of hydrogen-bond donors (Lipinski definition) is 0. The molecule has 3 aromatic rings. The molecule has 5 heteroatoms. The fourth-order valence-corrected chi connectivity index (χ4v) is 4.27. The largest absolute Gasteiger partial charge is 0.477 e. The van der Waals surface area contributed by atoms with E-state index in [2.05, 4.69) is 4.90 Å². The van der Waals surface area contributed by atoms with Gasteiger partial charge in [0, 0.05) is 29.2 Å². The SMILES string of the molecule is Cc1ccc(/C=C2\Oc3c(cc4c(c3C)OCN(Cc3ccccc3Cl)C4)C2=O)cc1. The summed E-state index contributed by atoms with van der Waals surface area (Å²) >= 11 is 6.32. The number of carbonyl (C=O) groups excluding carboxylic acids is 1. The standard InChI is InChI=1S/C26H22ClNO3/c1-16-7-9-18(10-8-16)11-23-24(29)21-12-20-14-28(13-19-5-3-4-6-22(19)27)15-30-25(20)17(2)26(21)31-23/h3-12H,13-15H2,1-2H3/b23-11-. The molecule has 5 rings (SSSR count). The molecule has 31 heavy (non-hydrogen) atoms. The average Bonchev–Trinajstić information content (AvgIpc) is 3.07. The number of carbonyl (C=O) groups is 1. The van der Waals surface area contributed by atoms with Crippen LogP contribution >= 0.6 is 11.6 Å². The lowest BCUT2D eigenvalue weighted by Crippen LogP contribution is -2.32. The highest BCUT2D eigenvalue weighted by Crippen LogP contribution is 2.43. The molecule has 0 bridgehead atoms. The van der Waals surface area contributed by atoms with Crippen molar-refractivity contribution >= 4 is 23.5 Å². The van der Waals surface area contributed by atoms with Crippen LogP contribution < -0.4 is 9.47 Å². The van der Waals surface area contributed by atoms with Crippen molar-refractivity contribution in [3.05, 3.63) is 98.8 Å². The molecule has 3 aromatic carbocycles. The van der Waals surface area contributed by atoms with E-state index < -0.39 is 0 Å². The summed E-state index contributed by atoms with van der Waals surface area (Å²) in [6, 6.07) is 17.7. The monoisotopic (exact) mass is 431 g/mol. The van der Waals surface area contributed by atoms with E-state index in [9.17, 15) is 4.79 Å². The minimum absolute atomic E-state index is 0.0929. The van der Waals surface area contributed by atoms with Crippen LogP contribution in [0.2, 0.25) is 5.02 Å². The summed E-state index contributed by atoms with van der Waals surface area (Å²) in [5.74, 6) is 1.65. The smallest absolute Gasteiger partial charge is 0.231 e. The van der Waals surface area contributed by atoms with Gasteiger partial charge in [0.15, 0.2) is 5.76 Å². The van der Waals surface area contributed by atoms with Gasteiger partial charge >= 0.3 is 0 Å². The van der Waals surface area contributed by atoms with Gasteiger partial charge in [-0.15, -0.1) is 0 Å². The Kier molecular flexibility index (Phi) is 5.05. The van der Waals surface area contributed by atoms with Crippen molar-refractivity contribution in [3.63, 3.8) is 0 Å². The molecule has 0 N–H and O–H groups in total. The summed E-state index contributed by atoms with van der Waals surface area (Å²) in [7, 11) is 0. The first kappa shape index (κ1) is 19.9. The Morgan fingerprint density at radius 2 is 1.84 bits per heavy atom. The number of allylic oxidation sites excluding steroid dienone is 1. The third-order valence-corrected chi connectivity index (χ3v) is 6.10. The van der Waals surface area contributed by atoms with E-state index in [0.29, 0.717) is 36.9 Å². The van der Waals surface area contributed by atoms with Crippen LogP contribution in [0.4, 0.5) is 0 Å². The van der Waals surface area contributed by atoms with Gasteiger partial charge in [-0.2, -0.15) is 0 Å². The zero-order valence-electron chi connectivity index (χ0n) is 17.4. The fraction of sp³-hybridized carbons (Fsp3) is 0.192. The first-order valence-electron chi connectivity index (χ1n) is 10.3. The van der Waals surface area contributed by atoms with E-state index >= 15 is 0 Å². The van der Waals surface area contributed by atoms with E-state index in [1.54, 1.807) is 6.08 Å². The van der Waals surface area contributed by atoms with Crippen molar-refractivity contribution in [3.8, 4) is 11.5 Å². The van der Waals surface area contributed by atoms with Gasteiger partial charge in [0.05, 0.1) is 5.56 Å². The highest BCUT2D eigenvalue weighted by molar-refractivity contribution is 6.31. The number of hydrogen-bond acceptors (Lipinski definition) is 4. The molecule has 0 unspecified atom stereocenters. The summed E-state index contributed by atoms with van der Waals surface area (Å²) in [5, 5.41) is 0.743. The minimum Gasteiger partial charge on any atom is -0.477 e. The van der Waals surface area contributed by atoms with Crippen LogP contribution in [-0.4, -0.2) is 17.4 Å². The molecule has 0 aliphatic carbocycles. The first-order valence-corrected chi connectivity index (χ1v) is 10.6. The molecule has 156 valence electrons. The Morgan fingerprint density at radius 3 is 2.61 bits per heavy atom. The van der Waals surface area contributed by atoms with Crippen LogP contribution in [0, 0.1) is 13.8 Å².